The second kappa shape index (κ2) is 5.18. The van der Waals surface area contributed by atoms with Crippen molar-refractivity contribution in [1.82, 2.24) is 4.98 Å². The smallest absolute Gasteiger partial charge is 0.214 e. The number of rotatable bonds is 5. The highest BCUT2D eigenvalue weighted by molar-refractivity contribution is 5.79. The minimum Gasteiger partial charge on any atom is -0.506 e. The Kier molecular flexibility index (Phi) is 3.87. The number of nitrogens with zero attached hydrogens (tertiary/aromatic N) is 1. The van der Waals surface area contributed by atoms with Gasteiger partial charge in [0.05, 0.1) is 18.4 Å². The van der Waals surface area contributed by atoms with E-state index in [0.717, 1.165) is 0 Å². The van der Waals surface area contributed by atoms with Crippen LogP contribution in [-0.4, -0.2) is 36.7 Å². The molecule has 0 amide bonds. The van der Waals surface area contributed by atoms with E-state index in [-0.39, 0.29) is 11.3 Å². The molecule has 14 heavy (non-hydrogen) atoms. The first-order valence-electron chi connectivity index (χ1n) is 4.04. The number of carbonyl (C=O) groups is 1. The summed E-state index contributed by atoms with van der Waals surface area (Å²) >= 11 is 0. The van der Waals surface area contributed by atoms with E-state index >= 15 is 0 Å². The Hall–Kier alpha value is -1.62. The summed E-state index contributed by atoms with van der Waals surface area (Å²) in [6.45, 7) is 0.797. The van der Waals surface area contributed by atoms with Gasteiger partial charge in [-0.3, -0.25) is 4.79 Å². The van der Waals surface area contributed by atoms with E-state index in [1.54, 1.807) is 7.11 Å². The van der Waals surface area contributed by atoms with Crippen molar-refractivity contribution >= 4 is 6.29 Å². The fraction of sp³-hybridized carbons (Fsp3) is 0.333. The monoisotopic (exact) mass is 197 g/mol. The Balaban J connectivity index is 2.64. The summed E-state index contributed by atoms with van der Waals surface area (Å²) in [4.78, 5) is 14.2. The summed E-state index contributed by atoms with van der Waals surface area (Å²) in [6, 6.07) is 1.37. The lowest BCUT2D eigenvalue weighted by atomic mass is 10.3. The molecule has 0 saturated carbocycles. The minimum absolute atomic E-state index is 0.154. The number of methoxy groups -OCH3 is 1. The molecule has 1 N–H and O–H groups in total. The third-order valence-corrected chi connectivity index (χ3v) is 1.55. The van der Waals surface area contributed by atoms with Crippen molar-refractivity contribution in [1.29, 1.82) is 0 Å². The molecule has 0 fully saturated rings. The highest BCUT2D eigenvalue weighted by atomic mass is 16.5. The molecule has 0 aliphatic carbocycles. The molecule has 1 aromatic heterocycles. The maximum absolute atomic E-state index is 10.4. The van der Waals surface area contributed by atoms with Crippen LogP contribution in [0.4, 0.5) is 0 Å². The van der Waals surface area contributed by atoms with Crippen LogP contribution in [0.2, 0.25) is 0 Å². The Bertz CT molecular complexity index is 314. The molecule has 0 unspecified atom stereocenters. The van der Waals surface area contributed by atoms with E-state index in [2.05, 4.69) is 4.98 Å². The number of aldehydes is 1. The maximum Gasteiger partial charge on any atom is 0.214 e. The van der Waals surface area contributed by atoms with E-state index < -0.39 is 0 Å². The second-order valence-corrected chi connectivity index (χ2v) is 2.54. The summed E-state index contributed by atoms with van der Waals surface area (Å²) in [6.07, 6.45) is 1.71. The first-order chi connectivity index (χ1) is 6.77. The largest absolute Gasteiger partial charge is 0.506 e. The lowest BCUT2D eigenvalue weighted by Gasteiger charge is -2.04. The predicted molar refractivity (Wildman–Crippen MR) is 48.7 cm³/mol. The van der Waals surface area contributed by atoms with Gasteiger partial charge < -0.3 is 14.6 Å². The second-order valence-electron chi connectivity index (χ2n) is 2.54. The zero-order valence-corrected chi connectivity index (χ0v) is 7.77. The van der Waals surface area contributed by atoms with Crippen molar-refractivity contribution in [3.8, 4) is 11.6 Å². The molecule has 1 heterocycles. The van der Waals surface area contributed by atoms with Crippen LogP contribution in [0.1, 0.15) is 10.4 Å². The summed E-state index contributed by atoms with van der Waals surface area (Å²) in [5, 5.41) is 9.13. The molecular formula is C9H11NO4. The molecule has 0 spiro atoms. The zero-order valence-electron chi connectivity index (χ0n) is 7.77. The number of ether oxygens (including phenoxy) is 2. The van der Waals surface area contributed by atoms with Gasteiger partial charge in [0.15, 0.2) is 6.29 Å². The lowest BCUT2D eigenvalue weighted by Crippen LogP contribution is -2.05. The number of pyridine rings is 1. The SMILES string of the molecule is COCCOc1cc(C=O)c(O)cn1. The topological polar surface area (TPSA) is 68.7 Å². The number of carbonyl (C=O) groups excluding carboxylic acids is 1. The van der Waals surface area contributed by atoms with Crippen molar-refractivity contribution < 1.29 is 19.4 Å². The molecule has 1 rings (SSSR count). The van der Waals surface area contributed by atoms with E-state index in [1.165, 1.54) is 12.3 Å². The van der Waals surface area contributed by atoms with Gasteiger partial charge in [0.1, 0.15) is 12.4 Å². The van der Waals surface area contributed by atoms with Gasteiger partial charge >= 0.3 is 0 Å². The molecule has 0 saturated heterocycles. The number of aromatic nitrogens is 1. The third kappa shape index (κ3) is 2.70. The highest BCUT2D eigenvalue weighted by Crippen LogP contribution is 2.17. The van der Waals surface area contributed by atoms with E-state index in [4.69, 9.17) is 14.6 Å². The predicted octanol–water partition coefficient (Wildman–Crippen LogP) is 0.625. The van der Waals surface area contributed by atoms with Gasteiger partial charge in [-0.15, -0.1) is 0 Å². The Morgan fingerprint density at radius 1 is 1.57 bits per heavy atom. The lowest BCUT2D eigenvalue weighted by molar-refractivity contribution is 0.111. The average Bonchev–Trinajstić information content (AvgIpc) is 2.21. The first kappa shape index (κ1) is 10.5. The van der Waals surface area contributed by atoms with Crippen molar-refractivity contribution in [3.05, 3.63) is 17.8 Å². The minimum atomic E-state index is -0.154. The average molecular weight is 197 g/mol. The fourth-order valence-corrected chi connectivity index (χ4v) is 0.846. The number of hydrogen-bond donors (Lipinski definition) is 1. The van der Waals surface area contributed by atoms with Crippen LogP contribution >= 0.6 is 0 Å². The van der Waals surface area contributed by atoms with Gasteiger partial charge in [-0.2, -0.15) is 0 Å². The van der Waals surface area contributed by atoms with Crippen molar-refractivity contribution in [2.45, 2.75) is 0 Å². The Labute approximate surface area is 81.3 Å². The van der Waals surface area contributed by atoms with Crippen LogP contribution in [0.25, 0.3) is 0 Å². The standard InChI is InChI=1S/C9H11NO4/c1-13-2-3-14-9-4-7(6-11)8(12)5-10-9/h4-6,12H,2-3H2,1H3. The fourth-order valence-electron chi connectivity index (χ4n) is 0.846. The van der Waals surface area contributed by atoms with E-state index in [1.807, 2.05) is 0 Å². The van der Waals surface area contributed by atoms with Gasteiger partial charge in [-0.1, -0.05) is 0 Å². The molecule has 1 aromatic rings. The van der Waals surface area contributed by atoms with Crippen LogP contribution in [-0.2, 0) is 4.74 Å². The molecule has 0 aliphatic heterocycles. The summed E-state index contributed by atoms with van der Waals surface area (Å²) < 4.78 is 9.91. The molecule has 76 valence electrons. The molecule has 0 radical (unpaired) electrons. The Morgan fingerprint density at radius 3 is 3.00 bits per heavy atom. The maximum atomic E-state index is 10.4. The molecule has 0 atom stereocenters. The van der Waals surface area contributed by atoms with Crippen LogP contribution in [0, 0.1) is 0 Å². The number of hydrogen-bond acceptors (Lipinski definition) is 5. The van der Waals surface area contributed by atoms with Crippen LogP contribution in [0.3, 0.4) is 0 Å². The molecular weight excluding hydrogens is 186 g/mol. The number of aromatic hydroxyl groups is 1. The van der Waals surface area contributed by atoms with Crippen molar-refractivity contribution in [3.63, 3.8) is 0 Å². The summed E-state index contributed by atoms with van der Waals surface area (Å²) in [5.74, 6) is 0.140. The van der Waals surface area contributed by atoms with Crippen molar-refractivity contribution in [2.24, 2.45) is 0 Å². The molecule has 0 aliphatic rings. The van der Waals surface area contributed by atoms with Gasteiger partial charge in [-0.25, -0.2) is 4.98 Å². The van der Waals surface area contributed by atoms with Gasteiger partial charge in [0.25, 0.3) is 0 Å². The summed E-state index contributed by atoms with van der Waals surface area (Å²) in [7, 11) is 1.56. The van der Waals surface area contributed by atoms with E-state index in [0.29, 0.717) is 25.4 Å². The normalized spacial score (nSPS) is 9.79. The first-order valence-corrected chi connectivity index (χ1v) is 4.04. The molecule has 0 aromatic carbocycles. The van der Waals surface area contributed by atoms with Gasteiger partial charge in [0, 0.05) is 13.2 Å². The quantitative estimate of drug-likeness (QED) is 0.553. The van der Waals surface area contributed by atoms with Gasteiger partial charge in [-0.05, 0) is 0 Å². The van der Waals surface area contributed by atoms with Crippen LogP contribution < -0.4 is 4.74 Å². The van der Waals surface area contributed by atoms with E-state index in [9.17, 15) is 4.79 Å². The van der Waals surface area contributed by atoms with Crippen LogP contribution in [0.15, 0.2) is 12.3 Å². The molecule has 0 bridgehead atoms. The highest BCUT2D eigenvalue weighted by Gasteiger charge is 2.03. The Morgan fingerprint density at radius 2 is 2.36 bits per heavy atom. The van der Waals surface area contributed by atoms with Gasteiger partial charge in [0.2, 0.25) is 5.88 Å². The summed E-state index contributed by atoms with van der Waals surface area (Å²) in [5.41, 5.74) is 0.160. The van der Waals surface area contributed by atoms with Crippen molar-refractivity contribution in [2.75, 3.05) is 20.3 Å². The van der Waals surface area contributed by atoms with Crippen LogP contribution in [0.5, 0.6) is 11.6 Å². The molecule has 5 heteroatoms. The third-order valence-electron chi connectivity index (χ3n) is 1.55. The zero-order chi connectivity index (χ0) is 10.4. The molecule has 5 nitrogen and oxygen atoms in total.